The summed E-state index contributed by atoms with van der Waals surface area (Å²) in [5, 5.41) is 3.45. The predicted molar refractivity (Wildman–Crippen MR) is 63.4 cm³/mol. The van der Waals surface area contributed by atoms with Gasteiger partial charge in [-0.3, -0.25) is 0 Å². The highest BCUT2D eigenvalue weighted by Gasteiger charge is 2.54. The van der Waals surface area contributed by atoms with E-state index >= 15 is 0 Å². The molecular formula is C13H15N3. The molecule has 0 bridgehead atoms. The van der Waals surface area contributed by atoms with Crippen LogP contribution in [0.4, 0.5) is 0 Å². The second-order valence-electron chi connectivity index (χ2n) is 4.99. The Hall–Kier alpha value is -1.35. The van der Waals surface area contributed by atoms with E-state index in [9.17, 15) is 0 Å². The Balaban J connectivity index is 1.88. The fourth-order valence-electron chi connectivity index (χ4n) is 3.31. The van der Waals surface area contributed by atoms with E-state index in [-0.39, 0.29) is 0 Å². The van der Waals surface area contributed by atoms with E-state index in [0.29, 0.717) is 6.04 Å². The van der Waals surface area contributed by atoms with Crippen LogP contribution in [0.2, 0.25) is 0 Å². The van der Waals surface area contributed by atoms with Gasteiger partial charge < -0.3 is 9.88 Å². The SMILES string of the molecule is Cc1nc2ccccc2n1C1C2CNC[C@@H]21. The molecule has 2 unspecified atom stereocenters. The highest BCUT2D eigenvalue weighted by atomic mass is 15.2. The van der Waals surface area contributed by atoms with Crippen molar-refractivity contribution in [2.75, 3.05) is 13.1 Å². The molecule has 3 heteroatoms. The standard InChI is InChI=1S/C13H15N3/c1-8-15-11-4-2-3-5-12(11)16(8)13-9-6-14-7-10(9)13/h2-5,9-10,13-14H,6-7H2,1H3/t9-,10?,13?/m0/s1. The van der Waals surface area contributed by atoms with Crippen molar-refractivity contribution in [2.24, 2.45) is 11.8 Å². The molecule has 1 aliphatic heterocycles. The number of fused-ring (bicyclic) bond motifs is 2. The van der Waals surface area contributed by atoms with Crippen LogP contribution >= 0.6 is 0 Å². The van der Waals surface area contributed by atoms with Gasteiger partial charge >= 0.3 is 0 Å². The summed E-state index contributed by atoms with van der Waals surface area (Å²) in [6.07, 6.45) is 0. The Morgan fingerprint density at radius 2 is 2.00 bits per heavy atom. The summed E-state index contributed by atoms with van der Waals surface area (Å²) in [6, 6.07) is 9.17. The molecule has 0 amide bonds. The first-order valence-corrected chi connectivity index (χ1v) is 6.00. The van der Waals surface area contributed by atoms with Crippen molar-refractivity contribution in [2.45, 2.75) is 13.0 Å². The van der Waals surface area contributed by atoms with Crippen LogP contribution < -0.4 is 5.32 Å². The molecule has 0 spiro atoms. The topological polar surface area (TPSA) is 29.9 Å². The third kappa shape index (κ3) is 0.990. The van der Waals surface area contributed by atoms with Crippen LogP contribution in [0, 0.1) is 18.8 Å². The van der Waals surface area contributed by atoms with Crippen LogP contribution in [0.3, 0.4) is 0 Å². The number of aromatic nitrogens is 2. The van der Waals surface area contributed by atoms with Crippen LogP contribution in [0.25, 0.3) is 11.0 Å². The molecule has 2 aliphatic rings. The molecule has 2 fully saturated rings. The third-order valence-corrected chi connectivity index (χ3v) is 4.12. The normalized spacial score (nSPS) is 31.9. The van der Waals surface area contributed by atoms with E-state index in [0.717, 1.165) is 17.4 Å². The van der Waals surface area contributed by atoms with Gasteiger partial charge in [-0.05, 0) is 30.9 Å². The zero-order valence-electron chi connectivity index (χ0n) is 9.35. The molecular weight excluding hydrogens is 198 g/mol. The Kier molecular flexibility index (Phi) is 1.56. The number of nitrogens with one attached hydrogen (secondary N) is 1. The minimum absolute atomic E-state index is 0.702. The first-order chi connectivity index (χ1) is 7.86. The number of hydrogen-bond acceptors (Lipinski definition) is 2. The maximum Gasteiger partial charge on any atom is 0.107 e. The van der Waals surface area contributed by atoms with Crippen molar-refractivity contribution < 1.29 is 0 Å². The lowest BCUT2D eigenvalue weighted by Gasteiger charge is -2.09. The summed E-state index contributed by atoms with van der Waals surface area (Å²) < 4.78 is 2.45. The molecule has 1 aromatic heterocycles. The molecule has 82 valence electrons. The third-order valence-electron chi connectivity index (χ3n) is 4.12. The molecule has 16 heavy (non-hydrogen) atoms. The van der Waals surface area contributed by atoms with Gasteiger partial charge in [0.1, 0.15) is 5.82 Å². The van der Waals surface area contributed by atoms with E-state index in [1.165, 1.54) is 24.4 Å². The van der Waals surface area contributed by atoms with Crippen LogP contribution in [-0.2, 0) is 0 Å². The van der Waals surface area contributed by atoms with Gasteiger partial charge in [-0.2, -0.15) is 0 Å². The lowest BCUT2D eigenvalue weighted by molar-refractivity contribution is 0.570. The summed E-state index contributed by atoms with van der Waals surface area (Å²) in [5.41, 5.74) is 2.44. The van der Waals surface area contributed by atoms with Crippen molar-refractivity contribution in [1.82, 2.24) is 14.9 Å². The fraction of sp³-hybridized carbons (Fsp3) is 0.462. The second-order valence-corrected chi connectivity index (χ2v) is 4.99. The number of piperidine rings is 1. The van der Waals surface area contributed by atoms with E-state index in [1.807, 2.05) is 0 Å². The van der Waals surface area contributed by atoms with Crippen LogP contribution in [0.1, 0.15) is 11.9 Å². The van der Waals surface area contributed by atoms with Gasteiger partial charge in [0.2, 0.25) is 0 Å². The summed E-state index contributed by atoms with van der Waals surface area (Å²) >= 11 is 0. The van der Waals surface area contributed by atoms with Gasteiger partial charge in [0.05, 0.1) is 11.0 Å². The van der Waals surface area contributed by atoms with Crippen LogP contribution in [0.5, 0.6) is 0 Å². The van der Waals surface area contributed by atoms with Gasteiger partial charge in [-0.1, -0.05) is 12.1 Å². The van der Waals surface area contributed by atoms with E-state index in [2.05, 4.69) is 46.1 Å². The molecule has 1 aromatic carbocycles. The van der Waals surface area contributed by atoms with Gasteiger partial charge in [0, 0.05) is 19.1 Å². The molecule has 2 aromatic rings. The maximum absolute atomic E-state index is 4.64. The maximum atomic E-state index is 4.64. The molecule has 3 atom stereocenters. The van der Waals surface area contributed by atoms with Gasteiger partial charge in [-0.15, -0.1) is 0 Å². The molecule has 0 radical (unpaired) electrons. The summed E-state index contributed by atoms with van der Waals surface area (Å²) in [5.74, 6) is 2.85. The summed E-state index contributed by atoms with van der Waals surface area (Å²) in [4.78, 5) is 4.64. The number of benzene rings is 1. The average Bonchev–Trinajstić information content (AvgIpc) is 2.69. The highest BCUT2D eigenvalue weighted by molar-refractivity contribution is 5.76. The fourth-order valence-corrected chi connectivity index (χ4v) is 3.31. The van der Waals surface area contributed by atoms with Crippen molar-refractivity contribution in [3.05, 3.63) is 30.1 Å². The van der Waals surface area contributed by atoms with Crippen molar-refractivity contribution >= 4 is 11.0 Å². The Labute approximate surface area is 94.5 Å². The first-order valence-electron chi connectivity index (χ1n) is 6.00. The molecule has 1 saturated heterocycles. The zero-order chi connectivity index (χ0) is 10.7. The minimum atomic E-state index is 0.702. The number of imidazole rings is 1. The number of hydrogen-bond donors (Lipinski definition) is 1. The molecule has 2 heterocycles. The van der Waals surface area contributed by atoms with Crippen molar-refractivity contribution in [1.29, 1.82) is 0 Å². The quantitative estimate of drug-likeness (QED) is 0.782. The van der Waals surface area contributed by atoms with Crippen LogP contribution in [0.15, 0.2) is 24.3 Å². The van der Waals surface area contributed by atoms with Gasteiger partial charge in [0.25, 0.3) is 0 Å². The Bertz CT molecular complexity index is 547. The second kappa shape index (κ2) is 2.86. The molecule has 1 aliphatic carbocycles. The van der Waals surface area contributed by atoms with E-state index in [4.69, 9.17) is 0 Å². The molecule has 4 rings (SSSR count). The van der Waals surface area contributed by atoms with Gasteiger partial charge in [-0.25, -0.2) is 4.98 Å². The number of para-hydroxylation sites is 2. The average molecular weight is 213 g/mol. The number of rotatable bonds is 1. The smallest absolute Gasteiger partial charge is 0.107 e. The number of aryl methyl sites for hydroxylation is 1. The molecule has 3 nitrogen and oxygen atoms in total. The largest absolute Gasteiger partial charge is 0.324 e. The zero-order valence-corrected chi connectivity index (χ0v) is 9.35. The highest BCUT2D eigenvalue weighted by Crippen LogP contribution is 2.53. The van der Waals surface area contributed by atoms with E-state index < -0.39 is 0 Å². The lowest BCUT2D eigenvalue weighted by atomic mass is 10.3. The summed E-state index contributed by atoms with van der Waals surface area (Å²) in [7, 11) is 0. The summed E-state index contributed by atoms with van der Waals surface area (Å²) in [6.45, 7) is 4.49. The van der Waals surface area contributed by atoms with Crippen LogP contribution in [-0.4, -0.2) is 22.6 Å². The lowest BCUT2D eigenvalue weighted by Crippen LogP contribution is -2.17. The van der Waals surface area contributed by atoms with E-state index in [1.54, 1.807) is 0 Å². The monoisotopic (exact) mass is 213 g/mol. The molecule has 1 saturated carbocycles. The Morgan fingerprint density at radius 1 is 1.25 bits per heavy atom. The molecule has 1 N–H and O–H groups in total. The minimum Gasteiger partial charge on any atom is -0.324 e. The van der Waals surface area contributed by atoms with Crippen molar-refractivity contribution in [3.8, 4) is 0 Å². The Morgan fingerprint density at radius 3 is 2.81 bits per heavy atom. The first kappa shape index (κ1) is 8.76. The van der Waals surface area contributed by atoms with Gasteiger partial charge in [0.15, 0.2) is 0 Å². The predicted octanol–water partition coefficient (Wildman–Crippen LogP) is 1.74. The van der Waals surface area contributed by atoms with Crippen molar-refractivity contribution in [3.63, 3.8) is 0 Å². The number of nitrogens with zero attached hydrogens (tertiary/aromatic N) is 2.